The second-order valence-corrected chi connectivity index (χ2v) is 5.92. The summed E-state index contributed by atoms with van der Waals surface area (Å²) in [4.78, 5) is 4.10. The Morgan fingerprint density at radius 1 is 1.08 bits per heavy atom. The quantitative estimate of drug-likeness (QED) is 0.593. The van der Waals surface area contributed by atoms with Crippen LogP contribution in [0, 0.1) is 0 Å². The van der Waals surface area contributed by atoms with Crippen molar-refractivity contribution in [1.29, 1.82) is 0 Å². The van der Waals surface area contributed by atoms with Crippen molar-refractivity contribution in [2.45, 2.75) is 6.42 Å². The minimum absolute atomic E-state index is 0.742. The average molecular weight is 335 g/mol. The minimum Gasteiger partial charge on any atom is -0.388 e. The van der Waals surface area contributed by atoms with Crippen LogP contribution in [-0.4, -0.2) is 12.0 Å². The number of halogens is 1. The molecule has 24 heavy (non-hydrogen) atoms. The van der Waals surface area contributed by atoms with Crippen LogP contribution in [0.5, 0.6) is 0 Å². The zero-order valence-electron chi connectivity index (χ0n) is 13.6. The molecule has 0 aliphatic heterocycles. The Kier molecular flexibility index (Phi) is 4.97. The van der Waals surface area contributed by atoms with E-state index >= 15 is 0 Å². The molecule has 0 unspecified atom stereocenters. The van der Waals surface area contributed by atoms with Gasteiger partial charge in [-0.1, -0.05) is 35.9 Å². The summed E-state index contributed by atoms with van der Waals surface area (Å²) >= 11 is 6.57. The Bertz CT molecular complexity index is 857. The first-order valence-electron chi connectivity index (χ1n) is 7.85. The van der Waals surface area contributed by atoms with Crippen molar-refractivity contribution in [3.05, 3.63) is 84.2 Å². The van der Waals surface area contributed by atoms with Gasteiger partial charge >= 0.3 is 0 Å². The molecule has 3 rings (SSSR count). The first kappa shape index (κ1) is 16.3. The summed E-state index contributed by atoms with van der Waals surface area (Å²) in [5, 5.41) is 3.97. The van der Waals surface area contributed by atoms with E-state index in [1.54, 1.807) is 12.4 Å². The average Bonchev–Trinajstić information content (AvgIpc) is 2.62. The van der Waals surface area contributed by atoms with Crippen molar-refractivity contribution in [2.24, 2.45) is 0 Å². The van der Waals surface area contributed by atoms with Crippen LogP contribution in [-0.2, 0) is 6.42 Å². The molecular formula is C21H19ClN2. The molecule has 2 aromatic carbocycles. The molecule has 0 fully saturated rings. The molecule has 0 radical (unpaired) electrons. The Morgan fingerprint density at radius 3 is 2.58 bits per heavy atom. The number of aromatic nitrogens is 1. The second kappa shape index (κ2) is 7.33. The minimum atomic E-state index is 0.742. The van der Waals surface area contributed by atoms with Gasteiger partial charge in [-0.15, -0.1) is 6.58 Å². The molecular weight excluding hydrogens is 316 g/mol. The van der Waals surface area contributed by atoms with Gasteiger partial charge in [0.1, 0.15) is 0 Å². The van der Waals surface area contributed by atoms with Gasteiger partial charge < -0.3 is 5.32 Å². The fourth-order valence-corrected chi connectivity index (χ4v) is 3.19. The molecule has 3 aromatic rings. The highest BCUT2D eigenvalue weighted by molar-refractivity contribution is 6.34. The smallest absolute Gasteiger partial charge is 0.0490 e. The van der Waals surface area contributed by atoms with E-state index in [1.165, 1.54) is 5.56 Å². The summed E-state index contributed by atoms with van der Waals surface area (Å²) in [6.07, 6.45) is 6.32. The number of nitrogens with zero attached hydrogens (tertiary/aromatic N) is 1. The van der Waals surface area contributed by atoms with E-state index < -0.39 is 0 Å². The predicted molar refractivity (Wildman–Crippen MR) is 104 cm³/mol. The topological polar surface area (TPSA) is 24.9 Å². The number of rotatable bonds is 5. The number of nitrogens with one attached hydrogen (secondary N) is 1. The van der Waals surface area contributed by atoms with Gasteiger partial charge in [-0.25, -0.2) is 0 Å². The van der Waals surface area contributed by atoms with Gasteiger partial charge in [-0.2, -0.15) is 0 Å². The van der Waals surface area contributed by atoms with Gasteiger partial charge in [-0.3, -0.25) is 4.98 Å². The van der Waals surface area contributed by atoms with Crippen LogP contribution in [0.4, 0.5) is 5.69 Å². The maximum atomic E-state index is 6.57. The fourth-order valence-electron chi connectivity index (χ4n) is 2.91. The standard InChI is InChI=1S/C21H19ClN2/c1-3-5-16-14-17(8-9-20(16)23-2)21-18(6-4-7-19(21)22)15-10-12-24-13-11-15/h3-4,6-14,23H,1,5H2,2H3. The molecule has 1 N–H and O–H groups in total. The lowest BCUT2D eigenvalue weighted by Gasteiger charge is -2.15. The first-order chi connectivity index (χ1) is 11.7. The van der Waals surface area contributed by atoms with Crippen LogP contribution < -0.4 is 5.32 Å². The molecule has 0 saturated heterocycles. The predicted octanol–water partition coefficient (Wildman–Crippen LogP) is 5.84. The molecule has 0 atom stereocenters. The summed E-state index contributed by atoms with van der Waals surface area (Å²) in [5.41, 5.74) is 6.65. The van der Waals surface area contributed by atoms with Gasteiger partial charge in [0.25, 0.3) is 0 Å². The van der Waals surface area contributed by atoms with Crippen molar-refractivity contribution in [1.82, 2.24) is 4.98 Å². The lowest BCUT2D eigenvalue weighted by molar-refractivity contribution is 1.26. The fraction of sp³-hybridized carbons (Fsp3) is 0.0952. The summed E-state index contributed by atoms with van der Waals surface area (Å²) in [5.74, 6) is 0. The van der Waals surface area contributed by atoms with Crippen LogP contribution in [0.15, 0.2) is 73.6 Å². The van der Waals surface area contributed by atoms with Gasteiger partial charge in [0.05, 0.1) is 0 Å². The third-order valence-electron chi connectivity index (χ3n) is 4.03. The molecule has 0 bridgehead atoms. The van der Waals surface area contributed by atoms with E-state index in [0.717, 1.165) is 39.4 Å². The van der Waals surface area contributed by atoms with E-state index in [9.17, 15) is 0 Å². The zero-order valence-corrected chi connectivity index (χ0v) is 14.3. The molecule has 1 aromatic heterocycles. The molecule has 0 aliphatic rings. The third-order valence-corrected chi connectivity index (χ3v) is 4.35. The summed E-state index contributed by atoms with van der Waals surface area (Å²) in [6.45, 7) is 3.86. The monoisotopic (exact) mass is 334 g/mol. The molecule has 2 nitrogen and oxygen atoms in total. The van der Waals surface area contributed by atoms with Gasteiger partial charge in [-0.05, 0) is 59.0 Å². The third kappa shape index (κ3) is 3.19. The largest absolute Gasteiger partial charge is 0.388 e. The highest BCUT2D eigenvalue weighted by atomic mass is 35.5. The van der Waals surface area contributed by atoms with Crippen molar-refractivity contribution < 1.29 is 0 Å². The summed E-state index contributed by atoms with van der Waals surface area (Å²) < 4.78 is 0. The van der Waals surface area contributed by atoms with E-state index in [0.29, 0.717) is 0 Å². The van der Waals surface area contributed by atoms with Crippen LogP contribution >= 0.6 is 11.6 Å². The number of allylic oxidation sites excluding steroid dienone is 1. The summed E-state index contributed by atoms with van der Waals surface area (Å²) in [7, 11) is 1.93. The zero-order chi connectivity index (χ0) is 16.9. The maximum absolute atomic E-state index is 6.57. The molecule has 0 amide bonds. The van der Waals surface area contributed by atoms with Crippen molar-refractivity contribution in [3.63, 3.8) is 0 Å². The van der Waals surface area contributed by atoms with E-state index in [4.69, 9.17) is 11.6 Å². The SMILES string of the molecule is C=CCc1cc(-c2c(Cl)cccc2-c2ccncc2)ccc1NC. The number of hydrogen-bond donors (Lipinski definition) is 1. The first-order valence-corrected chi connectivity index (χ1v) is 8.23. The number of anilines is 1. The van der Waals surface area contributed by atoms with Gasteiger partial charge in [0, 0.05) is 35.7 Å². The maximum Gasteiger partial charge on any atom is 0.0490 e. The van der Waals surface area contributed by atoms with Crippen molar-refractivity contribution >= 4 is 17.3 Å². The molecule has 0 saturated carbocycles. The van der Waals surface area contributed by atoms with Crippen LogP contribution in [0.2, 0.25) is 5.02 Å². The van der Waals surface area contributed by atoms with Crippen LogP contribution in [0.25, 0.3) is 22.3 Å². The molecule has 1 heterocycles. The Morgan fingerprint density at radius 2 is 1.88 bits per heavy atom. The van der Waals surface area contributed by atoms with E-state index in [1.807, 2.05) is 37.4 Å². The number of hydrogen-bond acceptors (Lipinski definition) is 2. The molecule has 120 valence electrons. The Labute approximate surface area is 147 Å². The Balaban J connectivity index is 2.20. The molecule has 3 heteroatoms. The molecule has 0 spiro atoms. The van der Waals surface area contributed by atoms with Crippen molar-refractivity contribution in [2.75, 3.05) is 12.4 Å². The van der Waals surface area contributed by atoms with E-state index in [2.05, 4.69) is 41.1 Å². The van der Waals surface area contributed by atoms with Gasteiger partial charge in [0.15, 0.2) is 0 Å². The second-order valence-electron chi connectivity index (χ2n) is 5.51. The highest BCUT2D eigenvalue weighted by Crippen LogP contribution is 2.38. The van der Waals surface area contributed by atoms with Crippen LogP contribution in [0.3, 0.4) is 0 Å². The van der Waals surface area contributed by atoms with Crippen LogP contribution in [0.1, 0.15) is 5.56 Å². The lowest BCUT2D eigenvalue weighted by atomic mass is 9.93. The summed E-state index contributed by atoms with van der Waals surface area (Å²) in [6, 6.07) is 16.4. The number of benzene rings is 2. The molecule has 0 aliphatic carbocycles. The van der Waals surface area contributed by atoms with E-state index in [-0.39, 0.29) is 0 Å². The van der Waals surface area contributed by atoms with Gasteiger partial charge in [0.2, 0.25) is 0 Å². The van der Waals surface area contributed by atoms with Crippen molar-refractivity contribution in [3.8, 4) is 22.3 Å². The Hall–Kier alpha value is -2.58. The highest BCUT2D eigenvalue weighted by Gasteiger charge is 2.13. The lowest BCUT2D eigenvalue weighted by Crippen LogP contribution is -1.96. The normalized spacial score (nSPS) is 10.4. The number of pyridine rings is 1.